The normalized spacial score (nSPS) is 11.4. The van der Waals surface area contributed by atoms with Gasteiger partial charge in [0.25, 0.3) is 0 Å². The van der Waals surface area contributed by atoms with Crippen LogP contribution in [0.15, 0.2) is 22.7 Å². The minimum Gasteiger partial charge on any atom is -0.497 e. The van der Waals surface area contributed by atoms with Crippen LogP contribution in [-0.4, -0.2) is 25.0 Å². The second-order valence-electron chi connectivity index (χ2n) is 5.60. The third kappa shape index (κ3) is 6.21. The number of carbonyl (C=O) groups is 1. The van der Waals surface area contributed by atoms with Crippen molar-refractivity contribution in [1.82, 2.24) is 5.32 Å². The number of hydrogen-bond donors (Lipinski definition) is 1. The first-order valence-electron chi connectivity index (χ1n) is 6.41. The molecule has 106 valence electrons. The van der Waals surface area contributed by atoms with Crippen LogP contribution in [0.2, 0.25) is 0 Å². The van der Waals surface area contributed by atoms with Gasteiger partial charge in [-0.1, -0.05) is 15.9 Å². The maximum absolute atomic E-state index is 11.9. The van der Waals surface area contributed by atoms with Gasteiger partial charge in [0, 0.05) is 29.4 Å². The molecule has 1 rings (SSSR count). The van der Waals surface area contributed by atoms with Crippen LogP contribution in [0.3, 0.4) is 0 Å². The topological polar surface area (TPSA) is 38.3 Å². The summed E-state index contributed by atoms with van der Waals surface area (Å²) in [6, 6.07) is 5.69. The average Bonchev–Trinajstić information content (AvgIpc) is 2.30. The van der Waals surface area contributed by atoms with Gasteiger partial charge in [-0.3, -0.25) is 4.79 Å². The molecule has 3 nitrogen and oxygen atoms in total. The Morgan fingerprint density at radius 3 is 2.63 bits per heavy atom. The van der Waals surface area contributed by atoms with Crippen LogP contribution in [0.25, 0.3) is 0 Å². The molecular weight excluding hydrogens is 306 g/mol. The monoisotopic (exact) mass is 327 g/mol. The molecule has 0 unspecified atom stereocenters. The van der Waals surface area contributed by atoms with Crippen molar-refractivity contribution in [2.75, 3.05) is 13.7 Å². The zero-order valence-electron chi connectivity index (χ0n) is 12.0. The molecule has 0 heterocycles. The molecular formula is C15H22BrNO2. The van der Waals surface area contributed by atoms with Crippen LogP contribution in [0.4, 0.5) is 0 Å². The zero-order chi connectivity index (χ0) is 14.5. The van der Waals surface area contributed by atoms with Crippen LogP contribution in [0, 0.1) is 0 Å². The van der Waals surface area contributed by atoms with E-state index in [0.717, 1.165) is 15.8 Å². The Morgan fingerprint density at radius 2 is 2.05 bits per heavy atom. The molecule has 1 aromatic carbocycles. The van der Waals surface area contributed by atoms with Gasteiger partial charge in [-0.05, 0) is 44.5 Å². The summed E-state index contributed by atoms with van der Waals surface area (Å²) in [5.41, 5.74) is 1.02. The van der Waals surface area contributed by atoms with Gasteiger partial charge >= 0.3 is 0 Å². The van der Waals surface area contributed by atoms with E-state index in [1.807, 2.05) is 18.2 Å². The van der Waals surface area contributed by atoms with E-state index < -0.39 is 0 Å². The van der Waals surface area contributed by atoms with Gasteiger partial charge in [-0.2, -0.15) is 0 Å². The summed E-state index contributed by atoms with van der Waals surface area (Å²) in [5.74, 6) is 1.00. The number of rotatable bonds is 6. The molecule has 0 amide bonds. The summed E-state index contributed by atoms with van der Waals surface area (Å²) in [6.07, 6.45) is 0.977. The molecule has 4 heteroatoms. The van der Waals surface area contributed by atoms with E-state index in [1.54, 1.807) is 7.11 Å². The molecule has 0 saturated heterocycles. The molecule has 19 heavy (non-hydrogen) atoms. The van der Waals surface area contributed by atoms with Crippen LogP contribution in [-0.2, 0) is 11.2 Å². The Kier molecular flexibility index (Phi) is 6.01. The maximum Gasteiger partial charge on any atom is 0.138 e. The fourth-order valence-electron chi connectivity index (χ4n) is 1.69. The predicted molar refractivity (Wildman–Crippen MR) is 81.8 cm³/mol. The lowest BCUT2D eigenvalue weighted by Crippen LogP contribution is -2.37. The number of Topliss-reactive ketones (excluding diaryl/α,β-unsaturated/α-hetero) is 1. The Labute approximate surface area is 123 Å². The van der Waals surface area contributed by atoms with Crippen molar-refractivity contribution in [3.05, 3.63) is 28.2 Å². The number of methoxy groups -OCH3 is 1. The minimum atomic E-state index is 0.0524. The molecule has 1 aromatic rings. The van der Waals surface area contributed by atoms with E-state index in [0.29, 0.717) is 19.4 Å². The molecule has 0 saturated carbocycles. The Bertz CT molecular complexity index is 438. The standard InChI is InChI=1S/C15H22BrNO2/c1-15(2,3)17-8-7-12(18)9-11-10-13(19-4)5-6-14(11)16/h5-6,10,17H,7-9H2,1-4H3. The van der Waals surface area contributed by atoms with Crippen molar-refractivity contribution >= 4 is 21.7 Å². The highest BCUT2D eigenvalue weighted by atomic mass is 79.9. The van der Waals surface area contributed by atoms with Crippen LogP contribution in [0.5, 0.6) is 5.75 Å². The Hall–Kier alpha value is -0.870. The number of ether oxygens (including phenoxy) is 1. The van der Waals surface area contributed by atoms with E-state index in [-0.39, 0.29) is 11.3 Å². The average molecular weight is 328 g/mol. The molecule has 1 N–H and O–H groups in total. The zero-order valence-corrected chi connectivity index (χ0v) is 13.6. The van der Waals surface area contributed by atoms with Gasteiger partial charge in [0.05, 0.1) is 7.11 Å². The lowest BCUT2D eigenvalue weighted by molar-refractivity contribution is -0.118. The molecule has 0 aromatic heterocycles. The first kappa shape index (κ1) is 16.2. The number of halogens is 1. The summed E-state index contributed by atoms with van der Waals surface area (Å²) < 4.78 is 6.12. The van der Waals surface area contributed by atoms with Crippen LogP contribution in [0.1, 0.15) is 32.8 Å². The van der Waals surface area contributed by atoms with Gasteiger partial charge in [0.2, 0.25) is 0 Å². The SMILES string of the molecule is COc1ccc(Br)c(CC(=O)CCNC(C)(C)C)c1. The third-order valence-corrected chi connectivity index (χ3v) is 3.47. The van der Waals surface area contributed by atoms with E-state index in [4.69, 9.17) is 4.74 Å². The van der Waals surface area contributed by atoms with Crippen LogP contribution >= 0.6 is 15.9 Å². The molecule has 0 radical (unpaired) electrons. The Morgan fingerprint density at radius 1 is 1.37 bits per heavy atom. The molecule has 0 atom stereocenters. The highest BCUT2D eigenvalue weighted by Gasteiger charge is 2.11. The van der Waals surface area contributed by atoms with Gasteiger partial charge in [0.15, 0.2) is 0 Å². The molecule has 0 aliphatic carbocycles. The number of nitrogens with one attached hydrogen (secondary N) is 1. The third-order valence-electron chi connectivity index (χ3n) is 2.70. The van der Waals surface area contributed by atoms with Gasteiger partial charge in [0.1, 0.15) is 11.5 Å². The second-order valence-corrected chi connectivity index (χ2v) is 6.45. The number of hydrogen-bond acceptors (Lipinski definition) is 3. The molecule has 0 aliphatic rings. The highest BCUT2D eigenvalue weighted by Crippen LogP contribution is 2.23. The molecule has 0 fully saturated rings. The first-order chi connectivity index (χ1) is 8.81. The van der Waals surface area contributed by atoms with Gasteiger partial charge in [-0.15, -0.1) is 0 Å². The van der Waals surface area contributed by atoms with E-state index in [1.165, 1.54) is 0 Å². The van der Waals surface area contributed by atoms with Crippen molar-refractivity contribution in [1.29, 1.82) is 0 Å². The van der Waals surface area contributed by atoms with Gasteiger partial charge < -0.3 is 10.1 Å². The first-order valence-corrected chi connectivity index (χ1v) is 7.20. The molecule has 0 spiro atoms. The molecule has 0 aliphatic heterocycles. The lowest BCUT2D eigenvalue weighted by Gasteiger charge is -2.20. The van der Waals surface area contributed by atoms with Crippen molar-refractivity contribution in [3.8, 4) is 5.75 Å². The fourth-order valence-corrected chi connectivity index (χ4v) is 2.08. The van der Waals surface area contributed by atoms with E-state index >= 15 is 0 Å². The maximum atomic E-state index is 11.9. The summed E-state index contributed by atoms with van der Waals surface area (Å²) in [5, 5.41) is 3.32. The predicted octanol–water partition coefficient (Wildman–Crippen LogP) is 3.35. The van der Waals surface area contributed by atoms with Gasteiger partial charge in [-0.25, -0.2) is 0 Å². The Balaban J connectivity index is 2.52. The second kappa shape index (κ2) is 7.06. The fraction of sp³-hybridized carbons (Fsp3) is 0.533. The number of ketones is 1. The summed E-state index contributed by atoms with van der Waals surface area (Å²) >= 11 is 3.46. The smallest absolute Gasteiger partial charge is 0.138 e. The highest BCUT2D eigenvalue weighted by molar-refractivity contribution is 9.10. The van der Waals surface area contributed by atoms with Crippen molar-refractivity contribution < 1.29 is 9.53 Å². The summed E-state index contributed by atoms with van der Waals surface area (Å²) in [6.45, 7) is 6.99. The molecule has 0 bridgehead atoms. The number of benzene rings is 1. The number of carbonyl (C=O) groups excluding carboxylic acids is 1. The lowest BCUT2D eigenvalue weighted by atomic mass is 10.1. The van der Waals surface area contributed by atoms with E-state index in [2.05, 4.69) is 42.0 Å². The van der Waals surface area contributed by atoms with Crippen molar-refractivity contribution in [3.63, 3.8) is 0 Å². The summed E-state index contributed by atoms with van der Waals surface area (Å²) in [4.78, 5) is 11.9. The van der Waals surface area contributed by atoms with E-state index in [9.17, 15) is 4.79 Å². The van der Waals surface area contributed by atoms with Crippen molar-refractivity contribution in [2.24, 2.45) is 0 Å². The quantitative estimate of drug-likeness (QED) is 0.870. The van der Waals surface area contributed by atoms with Crippen molar-refractivity contribution in [2.45, 2.75) is 39.2 Å². The summed E-state index contributed by atoms with van der Waals surface area (Å²) in [7, 11) is 1.63. The largest absolute Gasteiger partial charge is 0.497 e. The minimum absolute atomic E-state index is 0.0524. The van der Waals surface area contributed by atoms with Crippen LogP contribution < -0.4 is 10.1 Å².